The molecule has 0 amide bonds. The van der Waals surface area contributed by atoms with Crippen molar-refractivity contribution >= 4 is 22.4 Å². The number of rotatable bonds is 5. The molecule has 1 saturated carbocycles. The number of nitrogens with zero attached hydrogens (tertiary/aromatic N) is 6. The van der Waals surface area contributed by atoms with E-state index in [0.717, 1.165) is 61.6 Å². The van der Waals surface area contributed by atoms with E-state index in [4.69, 9.17) is 9.47 Å². The molecule has 2 aliphatic rings. The lowest BCUT2D eigenvalue weighted by Crippen LogP contribution is -2.36. The van der Waals surface area contributed by atoms with E-state index in [2.05, 4.69) is 36.2 Å². The molecule has 9 nitrogen and oxygen atoms in total. The molecule has 1 aromatic carbocycles. The van der Waals surface area contributed by atoms with Crippen LogP contribution in [-0.2, 0) is 4.74 Å². The maximum absolute atomic E-state index is 9.64. The molecule has 3 heterocycles. The predicted molar refractivity (Wildman–Crippen MR) is 124 cm³/mol. The average molecular weight is 446 g/mol. The molecule has 33 heavy (non-hydrogen) atoms. The van der Waals surface area contributed by atoms with Gasteiger partial charge in [0.05, 0.1) is 30.2 Å². The predicted octanol–water partition coefficient (Wildman–Crippen LogP) is 3.24. The number of benzene rings is 1. The van der Waals surface area contributed by atoms with Crippen LogP contribution in [0.1, 0.15) is 37.2 Å². The Bertz CT molecular complexity index is 1170. The van der Waals surface area contributed by atoms with Crippen molar-refractivity contribution in [1.82, 2.24) is 19.9 Å². The molecule has 1 aliphatic heterocycles. The number of morpholine rings is 1. The first-order valence-corrected chi connectivity index (χ1v) is 11.4. The van der Waals surface area contributed by atoms with Gasteiger partial charge in [0.15, 0.2) is 5.69 Å². The molecule has 3 aromatic rings. The molecule has 1 aliphatic carbocycles. The van der Waals surface area contributed by atoms with E-state index in [1.165, 1.54) is 6.33 Å². The van der Waals surface area contributed by atoms with Gasteiger partial charge in [0.25, 0.3) is 0 Å². The third-order valence-electron chi connectivity index (χ3n) is 6.26. The van der Waals surface area contributed by atoms with Crippen molar-refractivity contribution in [3.63, 3.8) is 0 Å². The number of nitriles is 1. The van der Waals surface area contributed by atoms with E-state index < -0.39 is 0 Å². The van der Waals surface area contributed by atoms with E-state index in [1.807, 2.05) is 25.1 Å². The fraction of sp³-hybridized carbons (Fsp3) is 0.458. The summed E-state index contributed by atoms with van der Waals surface area (Å²) in [6.45, 7) is 4.93. The highest BCUT2D eigenvalue weighted by Crippen LogP contribution is 2.35. The third kappa shape index (κ3) is 4.81. The zero-order valence-electron chi connectivity index (χ0n) is 18.7. The molecule has 2 fully saturated rings. The highest BCUT2D eigenvalue weighted by atomic mass is 16.5. The summed E-state index contributed by atoms with van der Waals surface area (Å²) in [5.41, 5.74) is 2.12. The lowest BCUT2D eigenvalue weighted by Gasteiger charge is -2.32. The number of ether oxygens (including phenoxy) is 2. The van der Waals surface area contributed by atoms with Crippen LogP contribution in [0.2, 0.25) is 0 Å². The van der Waals surface area contributed by atoms with Crippen LogP contribution in [0.3, 0.4) is 0 Å². The molecule has 1 N–H and O–H groups in total. The smallest absolute Gasteiger partial charge is 0.155 e. The van der Waals surface area contributed by atoms with Crippen LogP contribution in [-0.4, -0.2) is 58.4 Å². The molecule has 0 unspecified atom stereocenters. The summed E-state index contributed by atoms with van der Waals surface area (Å²) in [4.78, 5) is 19.5. The Kier molecular flexibility index (Phi) is 6.17. The number of aromatic nitrogens is 4. The minimum Gasteiger partial charge on any atom is -0.490 e. The topological polar surface area (TPSA) is 109 Å². The van der Waals surface area contributed by atoms with Crippen molar-refractivity contribution in [2.75, 3.05) is 36.5 Å². The molecule has 170 valence electrons. The summed E-state index contributed by atoms with van der Waals surface area (Å²) in [7, 11) is 0. The maximum atomic E-state index is 9.64. The Morgan fingerprint density at radius 3 is 2.70 bits per heavy atom. The minimum atomic E-state index is 0.0741. The van der Waals surface area contributed by atoms with Crippen LogP contribution in [0, 0.1) is 18.3 Å². The second-order valence-electron chi connectivity index (χ2n) is 8.50. The van der Waals surface area contributed by atoms with Crippen LogP contribution in [0.5, 0.6) is 5.75 Å². The quantitative estimate of drug-likeness (QED) is 0.633. The first kappa shape index (κ1) is 21.3. The summed E-state index contributed by atoms with van der Waals surface area (Å²) >= 11 is 0. The van der Waals surface area contributed by atoms with Crippen molar-refractivity contribution in [1.29, 1.82) is 5.26 Å². The molecule has 0 bridgehead atoms. The van der Waals surface area contributed by atoms with E-state index >= 15 is 0 Å². The molecule has 1 saturated heterocycles. The first-order chi connectivity index (χ1) is 16.2. The molecule has 9 heteroatoms. The molecule has 0 radical (unpaired) electrons. The van der Waals surface area contributed by atoms with E-state index in [1.54, 1.807) is 6.20 Å². The molecule has 5 rings (SSSR count). The fourth-order valence-electron chi connectivity index (χ4n) is 4.57. The van der Waals surface area contributed by atoms with Gasteiger partial charge < -0.3 is 19.7 Å². The monoisotopic (exact) mass is 445 g/mol. The Morgan fingerprint density at radius 2 is 1.94 bits per heavy atom. The Balaban J connectivity index is 1.34. The fourth-order valence-corrected chi connectivity index (χ4v) is 4.57. The van der Waals surface area contributed by atoms with E-state index in [0.29, 0.717) is 36.1 Å². The van der Waals surface area contributed by atoms with Gasteiger partial charge in [-0.2, -0.15) is 5.26 Å². The van der Waals surface area contributed by atoms with Crippen LogP contribution in [0.25, 0.3) is 10.9 Å². The van der Waals surface area contributed by atoms with E-state index in [9.17, 15) is 5.26 Å². The molecular weight excluding hydrogens is 418 g/mol. The summed E-state index contributed by atoms with van der Waals surface area (Å²) < 4.78 is 12.0. The summed E-state index contributed by atoms with van der Waals surface area (Å²) in [5.74, 6) is 2.32. The largest absolute Gasteiger partial charge is 0.490 e. The normalized spacial score (nSPS) is 20.9. The zero-order valence-corrected chi connectivity index (χ0v) is 18.7. The lowest BCUT2D eigenvalue weighted by molar-refractivity contribution is 0.122. The second kappa shape index (κ2) is 9.55. The van der Waals surface area contributed by atoms with Crippen molar-refractivity contribution in [3.8, 4) is 11.8 Å². The van der Waals surface area contributed by atoms with E-state index in [-0.39, 0.29) is 6.10 Å². The average Bonchev–Trinajstić information content (AvgIpc) is 2.85. The molecule has 0 spiro atoms. The van der Waals surface area contributed by atoms with Crippen molar-refractivity contribution in [2.24, 2.45) is 0 Å². The number of aryl methyl sites for hydroxylation is 1. The van der Waals surface area contributed by atoms with Crippen molar-refractivity contribution < 1.29 is 9.47 Å². The first-order valence-electron chi connectivity index (χ1n) is 11.4. The Labute approximate surface area is 192 Å². The van der Waals surface area contributed by atoms with Crippen LogP contribution in [0.15, 0.2) is 30.7 Å². The Morgan fingerprint density at radius 1 is 1.12 bits per heavy atom. The standard InChI is InChI=1S/C24H27N7O2/c1-16-26-7-6-23(29-16)30-17-2-4-19(5-3-17)33-22-13-18(31-8-10-32-11-9-31)12-20-24(22)21(14-25)28-15-27-20/h6-7,12-13,15,17,19H,2-5,8-11H2,1H3,(H,26,29,30). The van der Waals surface area contributed by atoms with Crippen LogP contribution in [0.4, 0.5) is 11.5 Å². The van der Waals surface area contributed by atoms with Crippen molar-refractivity contribution in [3.05, 3.63) is 42.2 Å². The summed E-state index contributed by atoms with van der Waals surface area (Å²) in [6.07, 6.45) is 7.10. The van der Waals surface area contributed by atoms with Gasteiger partial charge in [-0.1, -0.05) is 0 Å². The van der Waals surface area contributed by atoms with Crippen LogP contribution >= 0.6 is 0 Å². The van der Waals surface area contributed by atoms with Gasteiger partial charge >= 0.3 is 0 Å². The van der Waals surface area contributed by atoms with Gasteiger partial charge in [-0.3, -0.25) is 0 Å². The number of hydrogen-bond acceptors (Lipinski definition) is 9. The third-order valence-corrected chi connectivity index (χ3v) is 6.26. The molecule has 0 atom stereocenters. The van der Waals surface area contributed by atoms with Gasteiger partial charge in [-0.05, 0) is 44.7 Å². The molecule has 2 aromatic heterocycles. The van der Waals surface area contributed by atoms with Gasteiger partial charge in [0, 0.05) is 37.1 Å². The summed E-state index contributed by atoms with van der Waals surface area (Å²) in [6, 6.07) is 8.51. The SMILES string of the molecule is Cc1nccc(NC2CCC(Oc3cc(N4CCOCC4)cc4ncnc(C#N)c34)CC2)n1. The maximum Gasteiger partial charge on any atom is 0.155 e. The van der Waals surface area contributed by atoms with Crippen molar-refractivity contribution in [2.45, 2.75) is 44.8 Å². The molecular formula is C24H27N7O2. The van der Waals surface area contributed by atoms with Gasteiger partial charge in [0.2, 0.25) is 0 Å². The zero-order chi connectivity index (χ0) is 22.6. The minimum absolute atomic E-state index is 0.0741. The number of anilines is 2. The number of fused-ring (bicyclic) bond motifs is 1. The highest BCUT2D eigenvalue weighted by Gasteiger charge is 2.25. The highest BCUT2D eigenvalue weighted by molar-refractivity contribution is 5.92. The summed E-state index contributed by atoms with van der Waals surface area (Å²) in [5, 5.41) is 13.8. The van der Waals surface area contributed by atoms with Gasteiger partial charge in [0.1, 0.15) is 29.8 Å². The lowest BCUT2D eigenvalue weighted by atomic mass is 9.93. The van der Waals surface area contributed by atoms with Gasteiger partial charge in [-0.25, -0.2) is 19.9 Å². The number of hydrogen-bond donors (Lipinski definition) is 1. The second-order valence-corrected chi connectivity index (χ2v) is 8.50. The van der Waals surface area contributed by atoms with Crippen LogP contribution < -0.4 is 15.0 Å². The van der Waals surface area contributed by atoms with Gasteiger partial charge in [-0.15, -0.1) is 0 Å². The Hall–Kier alpha value is -3.51. The number of nitrogens with one attached hydrogen (secondary N) is 1.